The molecule has 5 nitrogen and oxygen atoms in total. The lowest BCUT2D eigenvalue weighted by Gasteiger charge is -2.11. The van der Waals surface area contributed by atoms with E-state index < -0.39 is 6.10 Å². The minimum Gasteiger partial charge on any atom is -0.368 e. The van der Waals surface area contributed by atoms with Crippen LogP contribution in [0.4, 0.5) is 0 Å². The number of hydrogen-bond donors (Lipinski definition) is 2. The van der Waals surface area contributed by atoms with Crippen LogP contribution >= 0.6 is 0 Å². The Morgan fingerprint density at radius 1 is 1.20 bits per heavy atom. The first-order valence-corrected chi connectivity index (χ1v) is 7.20. The van der Waals surface area contributed by atoms with Gasteiger partial charge in [0.2, 0.25) is 5.91 Å². The molecule has 0 radical (unpaired) electrons. The summed E-state index contributed by atoms with van der Waals surface area (Å²) in [5, 5.41) is 0. The summed E-state index contributed by atoms with van der Waals surface area (Å²) in [4.78, 5) is 23.9. The van der Waals surface area contributed by atoms with Crippen molar-refractivity contribution in [2.24, 2.45) is 17.3 Å². The summed E-state index contributed by atoms with van der Waals surface area (Å²) >= 11 is 0. The normalized spacial score (nSPS) is 30.5. The fourth-order valence-corrected chi connectivity index (χ4v) is 2.91. The van der Waals surface area contributed by atoms with Crippen molar-refractivity contribution in [2.45, 2.75) is 46.6 Å². The summed E-state index contributed by atoms with van der Waals surface area (Å²) < 4.78 is 5.26. The number of carbonyl (C=O) groups excluding carboxylic acids is 2. The second kappa shape index (κ2) is 5.56. The third-order valence-electron chi connectivity index (χ3n) is 4.24. The molecule has 1 aliphatic carbocycles. The van der Waals surface area contributed by atoms with E-state index in [4.69, 9.17) is 4.74 Å². The Morgan fingerprint density at radius 3 is 2.40 bits per heavy atom. The molecule has 0 spiro atoms. The van der Waals surface area contributed by atoms with E-state index in [1.165, 1.54) is 5.57 Å². The Bertz CT molecular complexity index is 432. The summed E-state index contributed by atoms with van der Waals surface area (Å²) in [7, 11) is 0. The van der Waals surface area contributed by atoms with Crippen LogP contribution in [0, 0.1) is 17.3 Å². The van der Waals surface area contributed by atoms with Crippen LogP contribution in [-0.4, -0.2) is 24.5 Å². The standard InChI is InChI=1S/C15H24N2O3/c1-9(2)8-10-12(15(10,3)4)14(19)17-16-13(18)11-6-5-7-20-11/h8,10-12H,5-7H2,1-4H3,(H,16,18)(H,17,19)/t10-,11+,12-/m1/s1. The van der Waals surface area contributed by atoms with Crippen molar-refractivity contribution in [1.29, 1.82) is 0 Å². The lowest BCUT2D eigenvalue weighted by molar-refractivity contribution is -0.135. The second-order valence-electron chi connectivity index (χ2n) is 6.55. The molecule has 112 valence electrons. The maximum Gasteiger partial charge on any atom is 0.267 e. The molecule has 2 aliphatic rings. The molecular weight excluding hydrogens is 256 g/mol. The molecule has 2 amide bonds. The third-order valence-corrected chi connectivity index (χ3v) is 4.24. The van der Waals surface area contributed by atoms with Crippen LogP contribution in [0.1, 0.15) is 40.5 Å². The lowest BCUT2D eigenvalue weighted by atomic mass is 10.1. The largest absolute Gasteiger partial charge is 0.368 e. The molecule has 0 aromatic heterocycles. The summed E-state index contributed by atoms with van der Waals surface area (Å²) in [5.41, 5.74) is 6.17. The number of carbonyl (C=O) groups is 2. The zero-order valence-electron chi connectivity index (χ0n) is 12.7. The summed E-state index contributed by atoms with van der Waals surface area (Å²) in [6.07, 6.45) is 3.32. The number of ether oxygens (including phenoxy) is 1. The van der Waals surface area contributed by atoms with E-state index >= 15 is 0 Å². The topological polar surface area (TPSA) is 67.4 Å². The van der Waals surface area contributed by atoms with Crippen molar-refractivity contribution >= 4 is 11.8 Å². The van der Waals surface area contributed by atoms with Crippen LogP contribution in [0.25, 0.3) is 0 Å². The Labute approximate surface area is 120 Å². The molecule has 1 aliphatic heterocycles. The number of rotatable bonds is 3. The Balaban J connectivity index is 1.83. The average molecular weight is 280 g/mol. The zero-order valence-corrected chi connectivity index (χ0v) is 12.7. The summed E-state index contributed by atoms with van der Waals surface area (Å²) in [6.45, 7) is 8.82. The van der Waals surface area contributed by atoms with Crippen LogP contribution in [0.5, 0.6) is 0 Å². The van der Waals surface area contributed by atoms with E-state index in [9.17, 15) is 9.59 Å². The van der Waals surface area contributed by atoms with E-state index in [2.05, 4.69) is 30.8 Å². The average Bonchev–Trinajstić information content (AvgIpc) is 2.79. The van der Waals surface area contributed by atoms with Gasteiger partial charge < -0.3 is 4.74 Å². The SMILES string of the molecule is CC(C)=C[C@@H]1[C@H](C(=O)NNC(=O)[C@@H]2CCCO2)C1(C)C. The van der Waals surface area contributed by atoms with E-state index in [0.29, 0.717) is 6.61 Å². The lowest BCUT2D eigenvalue weighted by Crippen LogP contribution is -2.47. The smallest absolute Gasteiger partial charge is 0.267 e. The van der Waals surface area contributed by atoms with Gasteiger partial charge in [-0.2, -0.15) is 0 Å². The molecular formula is C15H24N2O3. The maximum absolute atomic E-state index is 12.1. The molecule has 0 aromatic carbocycles. The second-order valence-corrected chi connectivity index (χ2v) is 6.55. The molecule has 0 unspecified atom stereocenters. The quantitative estimate of drug-likeness (QED) is 0.609. The van der Waals surface area contributed by atoms with Gasteiger partial charge in [0.25, 0.3) is 5.91 Å². The van der Waals surface area contributed by atoms with Crippen molar-refractivity contribution in [2.75, 3.05) is 6.61 Å². The van der Waals surface area contributed by atoms with Crippen molar-refractivity contribution in [3.05, 3.63) is 11.6 Å². The van der Waals surface area contributed by atoms with Crippen molar-refractivity contribution in [3.63, 3.8) is 0 Å². The highest BCUT2D eigenvalue weighted by molar-refractivity contribution is 5.88. The molecule has 3 atom stereocenters. The highest BCUT2D eigenvalue weighted by atomic mass is 16.5. The van der Waals surface area contributed by atoms with E-state index in [-0.39, 0.29) is 29.1 Å². The highest BCUT2D eigenvalue weighted by Crippen LogP contribution is 2.59. The summed E-state index contributed by atoms with van der Waals surface area (Å²) in [5.74, 6) is -0.216. The van der Waals surface area contributed by atoms with Gasteiger partial charge in [-0.1, -0.05) is 25.5 Å². The fourth-order valence-electron chi connectivity index (χ4n) is 2.91. The number of amides is 2. The van der Waals surface area contributed by atoms with Crippen LogP contribution in [-0.2, 0) is 14.3 Å². The van der Waals surface area contributed by atoms with Crippen LogP contribution in [0.2, 0.25) is 0 Å². The first-order chi connectivity index (χ1) is 9.34. The molecule has 0 aromatic rings. The minimum absolute atomic E-state index is 0.0457. The third kappa shape index (κ3) is 3.03. The molecule has 1 saturated heterocycles. The molecule has 5 heteroatoms. The summed E-state index contributed by atoms with van der Waals surface area (Å²) in [6, 6.07) is 0. The van der Waals surface area contributed by atoms with Gasteiger partial charge in [0.05, 0.1) is 5.92 Å². The predicted molar refractivity (Wildman–Crippen MR) is 75.5 cm³/mol. The van der Waals surface area contributed by atoms with Gasteiger partial charge in [-0.3, -0.25) is 20.4 Å². The monoisotopic (exact) mass is 280 g/mol. The van der Waals surface area contributed by atoms with Gasteiger partial charge in [-0.15, -0.1) is 0 Å². The molecule has 0 bridgehead atoms. The van der Waals surface area contributed by atoms with Gasteiger partial charge >= 0.3 is 0 Å². The number of hydrazine groups is 1. The first-order valence-electron chi connectivity index (χ1n) is 7.20. The molecule has 20 heavy (non-hydrogen) atoms. The molecule has 2 rings (SSSR count). The molecule has 2 N–H and O–H groups in total. The van der Waals surface area contributed by atoms with Crippen molar-refractivity contribution in [3.8, 4) is 0 Å². The van der Waals surface area contributed by atoms with Gasteiger partial charge in [-0.25, -0.2) is 0 Å². The van der Waals surface area contributed by atoms with Crippen LogP contribution in [0.3, 0.4) is 0 Å². The zero-order chi connectivity index (χ0) is 14.9. The fraction of sp³-hybridized carbons (Fsp3) is 0.733. The van der Waals surface area contributed by atoms with E-state index in [1.54, 1.807) is 0 Å². The number of nitrogens with one attached hydrogen (secondary N) is 2. The number of hydrogen-bond acceptors (Lipinski definition) is 3. The van der Waals surface area contributed by atoms with Gasteiger partial charge in [0, 0.05) is 6.61 Å². The van der Waals surface area contributed by atoms with E-state index in [1.807, 2.05) is 13.8 Å². The predicted octanol–water partition coefficient (Wildman–Crippen LogP) is 1.55. The molecule has 1 saturated carbocycles. The van der Waals surface area contributed by atoms with Gasteiger partial charge in [-0.05, 0) is 38.0 Å². The van der Waals surface area contributed by atoms with Gasteiger partial charge in [0.1, 0.15) is 6.10 Å². The molecule has 1 heterocycles. The van der Waals surface area contributed by atoms with Crippen molar-refractivity contribution < 1.29 is 14.3 Å². The van der Waals surface area contributed by atoms with Crippen molar-refractivity contribution in [1.82, 2.24) is 10.9 Å². The maximum atomic E-state index is 12.1. The molecule has 2 fully saturated rings. The highest BCUT2D eigenvalue weighted by Gasteiger charge is 2.60. The van der Waals surface area contributed by atoms with Crippen LogP contribution < -0.4 is 10.9 Å². The minimum atomic E-state index is -0.420. The van der Waals surface area contributed by atoms with Gasteiger partial charge in [0.15, 0.2) is 0 Å². The number of allylic oxidation sites excluding steroid dienone is 2. The Morgan fingerprint density at radius 2 is 1.85 bits per heavy atom. The Kier molecular flexibility index (Phi) is 4.18. The van der Waals surface area contributed by atoms with E-state index in [0.717, 1.165) is 12.8 Å². The first kappa shape index (κ1) is 15.0. The Hall–Kier alpha value is -1.36. The van der Waals surface area contributed by atoms with Crippen LogP contribution in [0.15, 0.2) is 11.6 Å².